The molecule has 1 N–H and O–H groups in total. The lowest BCUT2D eigenvalue weighted by molar-refractivity contribution is -0.116. The van der Waals surface area contributed by atoms with Crippen molar-refractivity contribution >= 4 is 22.4 Å². The molecule has 4 nitrogen and oxygen atoms in total. The molecule has 0 bridgehead atoms. The van der Waals surface area contributed by atoms with Crippen LogP contribution in [0.15, 0.2) is 5.51 Å². The Labute approximate surface area is 107 Å². The quantitative estimate of drug-likeness (QED) is 0.686. The second kappa shape index (κ2) is 9.10. The normalized spacial score (nSPS) is 10.4. The first-order valence-corrected chi connectivity index (χ1v) is 7.27. The van der Waals surface area contributed by atoms with Crippen molar-refractivity contribution in [1.29, 1.82) is 0 Å². The summed E-state index contributed by atoms with van der Waals surface area (Å²) in [6.45, 7) is 2.22. The molecule has 0 spiro atoms. The molecule has 0 atom stereocenters. The zero-order valence-electron chi connectivity index (χ0n) is 10.4. The highest BCUT2D eigenvalue weighted by atomic mass is 32.1. The van der Waals surface area contributed by atoms with Crippen LogP contribution < -0.4 is 5.32 Å². The van der Waals surface area contributed by atoms with Crippen molar-refractivity contribution in [3.8, 4) is 0 Å². The van der Waals surface area contributed by atoms with Gasteiger partial charge < -0.3 is 5.32 Å². The highest BCUT2D eigenvalue weighted by Gasteiger charge is 2.03. The summed E-state index contributed by atoms with van der Waals surface area (Å²) in [5, 5.41) is 10.8. The second-order valence-corrected chi connectivity index (χ2v) is 5.00. The fraction of sp³-hybridized carbons (Fsp3) is 0.750. The van der Waals surface area contributed by atoms with Gasteiger partial charge in [-0.1, -0.05) is 56.8 Å². The molecule has 96 valence electrons. The van der Waals surface area contributed by atoms with Gasteiger partial charge in [-0.15, -0.1) is 10.2 Å². The van der Waals surface area contributed by atoms with Gasteiger partial charge in [0.25, 0.3) is 0 Å². The van der Waals surface area contributed by atoms with Crippen LogP contribution in [0.5, 0.6) is 0 Å². The van der Waals surface area contributed by atoms with Gasteiger partial charge in [-0.25, -0.2) is 0 Å². The maximum atomic E-state index is 11.5. The van der Waals surface area contributed by atoms with Gasteiger partial charge in [0.2, 0.25) is 11.0 Å². The Balaban J connectivity index is 1.94. The molecule has 0 aromatic carbocycles. The maximum Gasteiger partial charge on any atom is 0.226 e. The average molecular weight is 255 g/mol. The molecule has 0 aliphatic heterocycles. The van der Waals surface area contributed by atoms with Crippen LogP contribution in [0.25, 0.3) is 0 Å². The fourth-order valence-corrected chi connectivity index (χ4v) is 2.11. The summed E-state index contributed by atoms with van der Waals surface area (Å²) < 4.78 is 0. The minimum atomic E-state index is 0.0512. The molecule has 1 heterocycles. The van der Waals surface area contributed by atoms with Crippen molar-refractivity contribution in [3.05, 3.63) is 5.51 Å². The van der Waals surface area contributed by atoms with Gasteiger partial charge in [0.15, 0.2) is 0 Å². The highest BCUT2D eigenvalue weighted by Crippen LogP contribution is 2.11. The molecule has 1 aromatic rings. The lowest BCUT2D eigenvalue weighted by Crippen LogP contribution is -2.10. The lowest BCUT2D eigenvalue weighted by atomic mass is 10.1. The van der Waals surface area contributed by atoms with Crippen LogP contribution in [0.3, 0.4) is 0 Å². The van der Waals surface area contributed by atoms with Gasteiger partial charge in [0.05, 0.1) is 0 Å². The van der Waals surface area contributed by atoms with E-state index >= 15 is 0 Å². The second-order valence-electron chi connectivity index (χ2n) is 4.16. The van der Waals surface area contributed by atoms with Crippen LogP contribution in [0.2, 0.25) is 0 Å². The number of nitrogens with zero attached hydrogens (tertiary/aromatic N) is 2. The summed E-state index contributed by atoms with van der Waals surface area (Å²) in [7, 11) is 0. The number of nitrogens with one attached hydrogen (secondary N) is 1. The number of unbranched alkanes of at least 4 members (excludes halogenated alkanes) is 6. The maximum absolute atomic E-state index is 11.5. The Morgan fingerprint density at radius 3 is 2.59 bits per heavy atom. The number of amides is 1. The average Bonchev–Trinajstić information content (AvgIpc) is 2.80. The summed E-state index contributed by atoms with van der Waals surface area (Å²) in [6, 6.07) is 0. The van der Waals surface area contributed by atoms with Crippen molar-refractivity contribution in [3.63, 3.8) is 0 Å². The Kier molecular flexibility index (Phi) is 7.54. The predicted molar refractivity (Wildman–Crippen MR) is 71.1 cm³/mol. The van der Waals surface area contributed by atoms with Crippen molar-refractivity contribution in [2.45, 2.75) is 58.3 Å². The van der Waals surface area contributed by atoms with Gasteiger partial charge in [0, 0.05) is 6.42 Å². The van der Waals surface area contributed by atoms with Crippen LogP contribution in [0, 0.1) is 0 Å². The predicted octanol–water partition coefficient (Wildman–Crippen LogP) is 3.62. The first-order chi connectivity index (χ1) is 8.33. The number of rotatable bonds is 9. The van der Waals surface area contributed by atoms with E-state index in [-0.39, 0.29) is 5.91 Å². The van der Waals surface area contributed by atoms with Crippen molar-refractivity contribution in [2.75, 3.05) is 5.32 Å². The Morgan fingerprint density at radius 2 is 1.94 bits per heavy atom. The molecule has 1 aromatic heterocycles. The van der Waals surface area contributed by atoms with Gasteiger partial charge in [0.1, 0.15) is 5.51 Å². The van der Waals surface area contributed by atoms with Gasteiger partial charge >= 0.3 is 0 Å². The number of aromatic nitrogens is 2. The molecule has 0 aliphatic carbocycles. The van der Waals surface area contributed by atoms with Crippen molar-refractivity contribution in [2.24, 2.45) is 0 Å². The summed E-state index contributed by atoms with van der Waals surface area (Å²) in [4.78, 5) is 11.5. The van der Waals surface area contributed by atoms with E-state index in [0.29, 0.717) is 11.6 Å². The van der Waals surface area contributed by atoms with E-state index in [2.05, 4.69) is 22.4 Å². The zero-order chi connectivity index (χ0) is 12.3. The molecule has 0 fully saturated rings. The van der Waals surface area contributed by atoms with E-state index < -0.39 is 0 Å². The minimum Gasteiger partial charge on any atom is -0.301 e. The summed E-state index contributed by atoms with van der Waals surface area (Å²) in [6.07, 6.45) is 9.19. The third-order valence-electron chi connectivity index (χ3n) is 2.61. The molecule has 0 unspecified atom stereocenters. The zero-order valence-corrected chi connectivity index (χ0v) is 11.3. The molecule has 0 saturated heterocycles. The molecule has 0 radical (unpaired) electrons. The Morgan fingerprint density at radius 1 is 1.24 bits per heavy atom. The smallest absolute Gasteiger partial charge is 0.226 e. The van der Waals surface area contributed by atoms with E-state index in [9.17, 15) is 4.79 Å². The van der Waals surface area contributed by atoms with E-state index in [1.807, 2.05) is 0 Å². The Bertz CT molecular complexity index is 301. The third kappa shape index (κ3) is 7.05. The lowest BCUT2D eigenvalue weighted by Gasteiger charge is -2.01. The topological polar surface area (TPSA) is 54.9 Å². The fourth-order valence-electron chi connectivity index (χ4n) is 1.65. The Hall–Kier alpha value is -0.970. The number of hydrogen-bond acceptors (Lipinski definition) is 4. The van der Waals surface area contributed by atoms with Crippen LogP contribution in [-0.2, 0) is 4.79 Å². The van der Waals surface area contributed by atoms with E-state index in [0.717, 1.165) is 12.8 Å². The molecule has 1 rings (SSSR count). The monoisotopic (exact) mass is 255 g/mol. The first kappa shape index (κ1) is 14.1. The van der Waals surface area contributed by atoms with Gasteiger partial charge in [-0.3, -0.25) is 4.79 Å². The van der Waals surface area contributed by atoms with Gasteiger partial charge in [-0.2, -0.15) is 0 Å². The third-order valence-corrected chi connectivity index (χ3v) is 3.22. The van der Waals surface area contributed by atoms with Gasteiger partial charge in [-0.05, 0) is 6.42 Å². The first-order valence-electron chi connectivity index (χ1n) is 6.39. The summed E-state index contributed by atoms with van der Waals surface area (Å²) >= 11 is 1.35. The molecule has 17 heavy (non-hydrogen) atoms. The number of hydrogen-bond donors (Lipinski definition) is 1. The van der Waals surface area contributed by atoms with Crippen LogP contribution in [0.1, 0.15) is 58.3 Å². The van der Waals surface area contributed by atoms with E-state index in [1.165, 1.54) is 43.4 Å². The highest BCUT2D eigenvalue weighted by molar-refractivity contribution is 7.13. The molecular formula is C12H21N3OS. The largest absolute Gasteiger partial charge is 0.301 e. The molecule has 1 amide bonds. The molecular weight excluding hydrogens is 234 g/mol. The number of carbonyl (C=O) groups is 1. The van der Waals surface area contributed by atoms with Crippen molar-refractivity contribution in [1.82, 2.24) is 10.2 Å². The number of anilines is 1. The standard InChI is InChI=1S/C12H21N3OS/c1-2-3-4-5-6-7-8-9-11(16)14-12-15-13-10-17-12/h10H,2-9H2,1H3,(H,14,15,16). The van der Waals surface area contributed by atoms with Crippen molar-refractivity contribution < 1.29 is 4.79 Å². The molecule has 0 saturated carbocycles. The molecule has 0 aliphatic rings. The van der Waals surface area contributed by atoms with Crippen LogP contribution >= 0.6 is 11.3 Å². The number of carbonyl (C=O) groups excluding carboxylic acids is 1. The molecule has 5 heteroatoms. The SMILES string of the molecule is CCCCCCCCCC(=O)Nc1nncs1. The minimum absolute atomic E-state index is 0.0512. The van der Waals surface area contributed by atoms with E-state index in [1.54, 1.807) is 5.51 Å². The summed E-state index contributed by atoms with van der Waals surface area (Å²) in [5.74, 6) is 0.0512. The van der Waals surface area contributed by atoms with Crippen LogP contribution in [-0.4, -0.2) is 16.1 Å². The van der Waals surface area contributed by atoms with E-state index in [4.69, 9.17) is 0 Å². The summed E-state index contributed by atoms with van der Waals surface area (Å²) in [5.41, 5.74) is 1.61. The van der Waals surface area contributed by atoms with Crippen LogP contribution in [0.4, 0.5) is 5.13 Å².